The second kappa shape index (κ2) is 12.6. The van der Waals surface area contributed by atoms with Crippen LogP contribution in [0.1, 0.15) is 58.3 Å². The molecule has 0 aliphatic heterocycles. The van der Waals surface area contributed by atoms with Gasteiger partial charge in [-0.1, -0.05) is 29.8 Å². The van der Waals surface area contributed by atoms with Gasteiger partial charge in [0, 0.05) is 22.0 Å². The number of nitro benzene ring substituents is 1. The number of nitro groups is 1. The van der Waals surface area contributed by atoms with Crippen LogP contribution in [0.3, 0.4) is 0 Å². The molecule has 12 heteroatoms. The summed E-state index contributed by atoms with van der Waals surface area (Å²) in [6.45, 7) is 9.03. The number of hydrogen-bond acceptors (Lipinski definition) is 9. The lowest BCUT2D eigenvalue weighted by atomic mass is 10.1. The fourth-order valence-electron chi connectivity index (χ4n) is 3.59. The molecule has 1 heterocycles. The highest BCUT2D eigenvalue weighted by Gasteiger charge is 2.27. The minimum absolute atomic E-state index is 0.0503. The molecule has 0 saturated heterocycles. The largest absolute Gasteiger partial charge is 0.490 e. The number of esters is 1. The van der Waals surface area contributed by atoms with Crippen LogP contribution in [0, 0.1) is 10.1 Å². The Balaban J connectivity index is 2.14. The van der Waals surface area contributed by atoms with E-state index in [1.54, 1.807) is 26.0 Å². The Hall–Kier alpha value is -3.80. The molecule has 0 aliphatic rings. The second-order valence-electron chi connectivity index (χ2n) is 8.37. The monoisotopic (exact) mass is 588 g/mol. The molecule has 2 atom stereocenters. The topological polar surface area (TPSA) is 135 Å². The lowest BCUT2D eigenvalue weighted by Gasteiger charge is -2.17. The fourth-order valence-corrected chi connectivity index (χ4v) is 3.95. The zero-order chi connectivity index (χ0) is 28.0. The molecule has 0 aliphatic carbocycles. The van der Waals surface area contributed by atoms with Crippen LogP contribution in [0.5, 0.6) is 11.5 Å². The van der Waals surface area contributed by atoms with Crippen molar-refractivity contribution < 1.29 is 23.9 Å². The van der Waals surface area contributed by atoms with Crippen molar-refractivity contribution in [2.45, 2.75) is 53.1 Å². The summed E-state index contributed by atoms with van der Waals surface area (Å²) in [6, 6.07) is 7.97. The highest BCUT2D eigenvalue weighted by molar-refractivity contribution is 9.10. The van der Waals surface area contributed by atoms with Crippen molar-refractivity contribution in [1.82, 2.24) is 9.66 Å². The second-order valence-corrected chi connectivity index (χ2v) is 9.29. The van der Waals surface area contributed by atoms with Gasteiger partial charge >= 0.3 is 11.7 Å². The van der Waals surface area contributed by atoms with Crippen LogP contribution in [0.2, 0.25) is 0 Å². The van der Waals surface area contributed by atoms with Gasteiger partial charge in [-0.2, -0.15) is 9.78 Å². The van der Waals surface area contributed by atoms with Gasteiger partial charge in [0.25, 0.3) is 5.56 Å². The number of fused-ring (bicyclic) bond motifs is 1. The van der Waals surface area contributed by atoms with Crippen molar-refractivity contribution in [2.24, 2.45) is 5.10 Å². The molecule has 0 unspecified atom stereocenters. The predicted octanol–water partition coefficient (Wildman–Crippen LogP) is 5.19. The van der Waals surface area contributed by atoms with Crippen LogP contribution in [0.4, 0.5) is 5.69 Å². The van der Waals surface area contributed by atoms with Gasteiger partial charge in [-0.3, -0.25) is 14.9 Å². The molecule has 0 saturated carbocycles. The summed E-state index contributed by atoms with van der Waals surface area (Å²) in [6.07, 6.45) is 0.939. The summed E-state index contributed by atoms with van der Waals surface area (Å²) in [5.74, 6) is -0.437. The maximum absolute atomic E-state index is 13.4. The number of nitrogens with zero attached hydrogens (tertiary/aromatic N) is 4. The number of carbonyl (C=O) groups is 1. The Labute approximate surface area is 227 Å². The van der Waals surface area contributed by atoms with E-state index >= 15 is 0 Å². The van der Waals surface area contributed by atoms with E-state index in [2.05, 4.69) is 26.0 Å². The van der Waals surface area contributed by atoms with Crippen molar-refractivity contribution in [3.8, 4) is 11.5 Å². The molecule has 202 valence electrons. The first-order chi connectivity index (χ1) is 18.1. The van der Waals surface area contributed by atoms with Crippen LogP contribution in [-0.2, 0) is 9.53 Å². The Morgan fingerprint density at radius 3 is 2.58 bits per heavy atom. The number of halogens is 1. The van der Waals surface area contributed by atoms with Gasteiger partial charge in [-0.05, 0) is 51.5 Å². The van der Waals surface area contributed by atoms with Crippen molar-refractivity contribution in [3.05, 3.63) is 66.7 Å². The smallest absolute Gasteiger partial charge is 0.347 e. The highest BCUT2D eigenvalue weighted by Crippen LogP contribution is 2.39. The van der Waals surface area contributed by atoms with Crippen LogP contribution >= 0.6 is 15.9 Å². The SMILES string of the molecule is CCOC(=O)[C@H](C)Oc1c(OCC)cc(C=Nn2c([C@H](C)CC)nc3ccc(Br)cc3c2=O)cc1[N+](=O)[O-]. The average Bonchev–Trinajstić information content (AvgIpc) is 2.89. The maximum atomic E-state index is 13.4. The van der Waals surface area contributed by atoms with Crippen molar-refractivity contribution in [2.75, 3.05) is 13.2 Å². The Bertz CT molecular complexity index is 1440. The summed E-state index contributed by atoms with van der Waals surface area (Å²) in [7, 11) is 0. The summed E-state index contributed by atoms with van der Waals surface area (Å²) in [4.78, 5) is 41.4. The van der Waals surface area contributed by atoms with Gasteiger partial charge in [0.1, 0.15) is 5.82 Å². The van der Waals surface area contributed by atoms with E-state index in [0.717, 1.165) is 4.47 Å². The molecule has 1 aromatic heterocycles. The third-order valence-electron chi connectivity index (χ3n) is 5.68. The highest BCUT2D eigenvalue weighted by atomic mass is 79.9. The molecular formula is C26H29BrN4O7. The standard InChI is InChI=1S/C26H29BrN4O7/c1-6-15(4)24-29-20-10-9-18(27)13-19(20)25(32)30(24)28-14-17-11-21(31(34)35)23(22(12-17)36-7-2)38-16(5)26(33)37-8-3/h9-16H,6-8H2,1-5H3/t15-,16+/m1/s1. The van der Waals surface area contributed by atoms with E-state index in [9.17, 15) is 19.7 Å². The summed E-state index contributed by atoms with van der Waals surface area (Å²) in [5.41, 5.74) is 0.0354. The third kappa shape index (κ3) is 6.36. The van der Waals surface area contributed by atoms with Crippen LogP contribution < -0.4 is 15.0 Å². The normalized spacial score (nSPS) is 12.9. The van der Waals surface area contributed by atoms with Crippen molar-refractivity contribution in [1.29, 1.82) is 0 Å². The van der Waals surface area contributed by atoms with Crippen molar-refractivity contribution in [3.63, 3.8) is 0 Å². The quantitative estimate of drug-likeness (QED) is 0.129. The van der Waals surface area contributed by atoms with Gasteiger partial charge in [0.15, 0.2) is 11.9 Å². The number of aromatic nitrogens is 2. The van der Waals surface area contributed by atoms with Crippen LogP contribution in [0.25, 0.3) is 10.9 Å². The van der Waals surface area contributed by atoms with Gasteiger partial charge in [-0.15, -0.1) is 0 Å². The van der Waals surface area contributed by atoms with Crippen molar-refractivity contribution >= 4 is 44.7 Å². The number of rotatable bonds is 11. The van der Waals surface area contributed by atoms with Gasteiger partial charge in [0.2, 0.25) is 5.75 Å². The Morgan fingerprint density at radius 1 is 1.21 bits per heavy atom. The number of carbonyl (C=O) groups excluding carboxylic acids is 1. The molecule has 3 aromatic rings. The molecule has 3 rings (SSSR count). The lowest BCUT2D eigenvalue weighted by molar-refractivity contribution is -0.386. The Morgan fingerprint density at radius 2 is 1.95 bits per heavy atom. The molecule has 0 bridgehead atoms. The van der Waals surface area contributed by atoms with E-state index < -0.39 is 22.7 Å². The minimum atomic E-state index is -1.10. The summed E-state index contributed by atoms with van der Waals surface area (Å²) >= 11 is 3.38. The molecule has 0 fully saturated rings. The van der Waals surface area contributed by atoms with E-state index in [0.29, 0.717) is 23.1 Å². The first kappa shape index (κ1) is 28.8. The third-order valence-corrected chi connectivity index (χ3v) is 6.17. The van der Waals surface area contributed by atoms with E-state index in [4.69, 9.17) is 14.2 Å². The maximum Gasteiger partial charge on any atom is 0.347 e. The van der Waals surface area contributed by atoms with Gasteiger partial charge in [-0.25, -0.2) is 9.78 Å². The molecule has 38 heavy (non-hydrogen) atoms. The van der Waals surface area contributed by atoms with E-state index in [1.165, 1.54) is 29.9 Å². The van der Waals surface area contributed by atoms with Crippen LogP contribution in [0.15, 0.2) is 44.7 Å². The van der Waals surface area contributed by atoms with Gasteiger partial charge in [0.05, 0.1) is 35.3 Å². The average molecular weight is 589 g/mol. The van der Waals surface area contributed by atoms with E-state index in [-0.39, 0.29) is 41.8 Å². The summed E-state index contributed by atoms with van der Waals surface area (Å²) < 4.78 is 18.1. The molecule has 0 spiro atoms. The Kier molecular flexibility index (Phi) is 9.56. The first-order valence-electron chi connectivity index (χ1n) is 12.2. The number of hydrogen-bond donors (Lipinski definition) is 0. The molecule has 11 nitrogen and oxygen atoms in total. The first-order valence-corrected chi connectivity index (χ1v) is 13.0. The fraction of sp³-hybridized carbons (Fsp3) is 0.385. The molecular weight excluding hydrogens is 560 g/mol. The summed E-state index contributed by atoms with van der Waals surface area (Å²) in [5, 5.41) is 16.7. The molecule has 0 amide bonds. The predicted molar refractivity (Wildman–Crippen MR) is 146 cm³/mol. The lowest BCUT2D eigenvalue weighted by Crippen LogP contribution is -2.26. The molecule has 0 N–H and O–H groups in total. The van der Waals surface area contributed by atoms with E-state index in [1.807, 2.05) is 19.9 Å². The zero-order valence-corrected chi connectivity index (χ0v) is 23.4. The molecule has 0 radical (unpaired) electrons. The molecule has 2 aromatic carbocycles. The number of benzene rings is 2. The number of ether oxygens (including phenoxy) is 3. The minimum Gasteiger partial charge on any atom is -0.490 e. The van der Waals surface area contributed by atoms with Gasteiger partial charge < -0.3 is 14.2 Å². The van der Waals surface area contributed by atoms with Crippen LogP contribution in [-0.4, -0.2) is 46.1 Å². The zero-order valence-electron chi connectivity index (χ0n) is 21.8.